The van der Waals surface area contributed by atoms with Gasteiger partial charge in [-0.2, -0.15) is 0 Å². The third-order valence-electron chi connectivity index (χ3n) is 4.77. The Bertz CT molecular complexity index is 1280. The van der Waals surface area contributed by atoms with Crippen molar-refractivity contribution in [3.63, 3.8) is 0 Å². The van der Waals surface area contributed by atoms with Crippen molar-refractivity contribution in [2.24, 2.45) is 4.99 Å². The van der Waals surface area contributed by atoms with Gasteiger partial charge < -0.3 is 9.47 Å². The quantitative estimate of drug-likeness (QED) is 0.105. The summed E-state index contributed by atoms with van der Waals surface area (Å²) in [5, 5.41) is 10.8. The zero-order valence-corrected chi connectivity index (χ0v) is 21.6. The first kappa shape index (κ1) is 23.4. The summed E-state index contributed by atoms with van der Waals surface area (Å²) >= 11 is 4.41. The SMILES string of the molecule is Cc1ccc(COc2c(I)cc(/C=C3\N=C(c4ccc([N+](=O)[O-])cc4)OC3=O)cc2I)cc1. The van der Waals surface area contributed by atoms with Gasteiger partial charge in [0.2, 0.25) is 5.90 Å². The van der Waals surface area contributed by atoms with Crippen molar-refractivity contribution in [2.75, 3.05) is 0 Å². The Morgan fingerprint density at radius 1 is 1.06 bits per heavy atom. The third-order valence-corrected chi connectivity index (χ3v) is 6.38. The molecule has 0 saturated heterocycles. The number of aryl methyl sites for hydroxylation is 1. The highest BCUT2D eigenvalue weighted by Gasteiger charge is 2.25. The van der Waals surface area contributed by atoms with E-state index in [1.54, 1.807) is 6.08 Å². The van der Waals surface area contributed by atoms with E-state index >= 15 is 0 Å². The van der Waals surface area contributed by atoms with Gasteiger partial charge in [-0.15, -0.1) is 0 Å². The fraction of sp³-hybridized carbons (Fsp3) is 0.0833. The summed E-state index contributed by atoms with van der Waals surface area (Å²) in [6, 6.07) is 17.7. The molecule has 0 atom stereocenters. The van der Waals surface area contributed by atoms with Crippen LogP contribution in [0, 0.1) is 24.2 Å². The van der Waals surface area contributed by atoms with Crippen LogP contribution in [0.2, 0.25) is 0 Å². The van der Waals surface area contributed by atoms with Crippen molar-refractivity contribution < 1.29 is 19.2 Å². The molecule has 0 fully saturated rings. The number of aliphatic imine (C=N–C) groups is 1. The van der Waals surface area contributed by atoms with Crippen LogP contribution < -0.4 is 4.74 Å². The number of hydrogen-bond donors (Lipinski definition) is 0. The van der Waals surface area contributed by atoms with Crippen LogP contribution in [-0.2, 0) is 16.1 Å². The summed E-state index contributed by atoms with van der Waals surface area (Å²) < 4.78 is 13.1. The number of carbonyl (C=O) groups is 1. The molecule has 0 aliphatic carbocycles. The van der Waals surface area contributed by atoms with E-state index in [-0.39, 0.29) is 17.3 Å². The van der Waals surface area contributed by atoms with E-state index in [0.717, 1.165) is 24.0 Å². The molecule has 0 radical (unpaired) electrons. The topological polar surface area (TPSA) is 91.0 Å². The van der Waals surface area contributed by atoms with Gasteiger partial charge in [0.25, 0.3) is 5.69 Å². The van der Waals surface area contributed by atoms with E-state index in [1.165, 1.54) is 29.8 Å². The Kier molecular flexibility index (Phi) is 7.08. The highest BCUT2D eigenvalue weighted by atomic mass is 127. The first-order valence-corrected chi connectivity index (χ1v) is 11.9. The zero-order valence-electron chi connectivity index (χ0n) is 17.2. The van der Waals surface area contributed by atoms with Crippen molar-refractivity contribution >= 4 is 68.8 Å². The normalized spacial score (nSPS) is 14.2. The molecule has 1 aliphatic rings. The maximum absolute atomic E-state index is 12.3. The lowest BCUT2D eigenvalue weighted by Crippen LogP contribution is -2.05. The summed E-state index contributed by atoms with van der Waals surface area (Å²) in [7, 11) is 0. The summed E-state index contributed by atoms with van der Waals surface area (Å²) in [5.74, 6) is 0.319. The second-order valence-electron chi connectivity index (χ2n) is 7.23. The van der Waals surface area contributed by atoms with E-state index in [4.69, 9.17) is 9.47 Å². The first-order valence-electron chi connectivity index (χ1n) is 9.75. The molecule has 33 heavy (non-hydrogen) atoms. The molecule has 4 rings (SSSR count). The van der Waals surface area contributed by atoms with Gasteiger partial charge in [-0.3, -0.25) is 10.1 Å². The van der Waals surface area contributed by atoms with Crippen LogP contribution in [0.1, 0.15) is 22.3 Å². The number of nitro benzene ring substituents is 1. The average molecular weight is 666 g/mol. The van der Waals surface area contributed by atoms with E-state index in [1.807, 2.05) is 31.2 Å². The van der Waals surface area contributed by atoms with Gasteiger partial charge in [-0.1, -0.05) is 29.8 Å². The molecule has 0 amide bonds. The highest BCUT2D eigenvalue weighted by Crippen LogP contribution is 2.31. The number of benzene rings is 3. The molecule has 1 heterocycles. The molecule has 1 aliphatic heterocycles. The molecule has 0 spiro atoms. The van der Waals surface area contributed by atoms with Crippen LogP contribution in [0.5, 0.6) is 5.75 Å². The van der Waals surface area contributed by atoms with Crippen LogP contribution in [0.4, 0.5) is 5.69 Å². The largest absolute Gasteiger partial charge is 0.487 e. The van der Waals surface area contributed by atoms with Crippen molar-refractivity contribution in [3.8, 4) is 5.75 Å². The van der Waals surface area contributed by atoms with Crippen molar-refractivity contribution in [1.82, 2.24) is 0 Å². The molecule has 0 N–H and O–H groups in total. The average Bonchev–Trinajstić information content (AvgIpc) is 3.14. The maximum Gasteiger partial charge on any atom is 0.363 e. The molecule has 9 heteroatoms. The Morgan fingerprint density at radius 2 is 1.70 bits per heavy atom. The smallest absolute Gasteiger partial charge is 0.363 e. The van der Waals surface area contributed by atoms with Crippen LogP contribution in [0.3, 0.4) is 0 Å². The van der Waals surface area contributed by atoms with Gasteiger partial charge in [0.05, 0.1) is 12.1 Å². The maximum atomic E-state index is 12.3. The van der Waals surface area contributed by atoms with Crippen LogP contribution in [-0.4, -0.2) is 16.8 Å². The predicted molar refractivity (Wildman–Crippen MR) is 141 cm³/mol. The second-order valence-corrected chi connectivity index (χ2v) is 9.55. The Morgan fingerprint density at radius 3 is 2.30 bits per heavy atom. The van der Waals surface area contributed by atoms with Gasteiger partial charge in [0.15, 0.2) is 5.70 Å². The Labute approximate surface area is 217 Å². The Balaban J connectivity index is 1.53. The van der Waals surface area contributed by atoms with Crippen molar-refractivity contribution in [2.45, 2.75) is 13.5 Å². The van der Waals surface area contributed by atoms with Gasteiger partial charge in [0.1, 0.15) is 12.4 Å². The van der Waals surface area contributed by atoms with E-state index in [0.29, 0.717) is 12.2 Å². The van der Waals surface area contributed by atoms with Gasteiger partial charge >= 0.3 is 5.97 Å². The van der Waals surface area contributed by atoms with E-state index in [2.05, 4.69) is 62.3 Å². The number of carbonyl (C=O) groups excluding carboxylic acids is 1. The molecule has 0 aromatic heterocycles. The number of hydrogen-bond acceptors (Lipinski definition) is 6. The van der Waals surface area contributed by atoms with Crippen molar-refractivity contribution in [3.05, 3.63) is 106 Å². The lowest BCUT2D eigenvalue weighted by Gasteiger charge is -2.12. The van der Waals surface area contributed by atoms with Crippen LogP contribution in [0.25, 0.3) is 6.08 Å². The molecule has 0 saturated carbocycles. The monoisotopic (exact) mass is 666 g/mol. The number of rotatable bonds is 6. The summed E-state index contributed by atoms with van der Waals surface area (Å²) in [4.78, 5) is 26.9. The molecule has 0 bridgehead atoms. The summed E-state index contributed by atoms with van der Waals surface area (Å²) in [6.07, 6.45) is 1.65. The minimum atomic E-state index is -0.576. The number of cyclic esters (lactones) is 1. The zero-order chi connectivity index (χ0) is 23.5. The third kappa shape index (κ3) is 5.58. The predicted octanol–water partition coefficient (Wildman–Crippen LogP) is 6.04. The number of esters is 1. The van der Waals surface area contributed by atoms with E-state index in [9.17, 15) is 14.9 Å². The molecule has 166 valence electrons. The summed E-state index contributed by atoms with van der Waals surface area (Å²) in [6.45, 7) is 2.50. The minimum Gasteiger partial charge on any atom is -0.487 e. The number of non-ortho nitro benzene ring substituents is 1. The van der Waals surface area contributed by atoms with Gasteiger partial charge in [-0.05, 0) is 93.6 Å². The first-order chi connectivity index (χ1) is 15.8. The number of nitro groups is 1. The number of ether oxygens (including phenoxy) is 2. The highest BCUT2D eigenvalue weighted by molar-refractivity contribution is 14.1. The molecule has 0 unspecified atom stereocenters. The lowest BCUT2D eigenvalue weighted by molar-refractivity contribution is -0.384. The second kappa shape index (κ2) is 10.00. The molecule has 3 aromatic carbocycles. The molecular weight excluding hydrogens is 650 g/mol. The summed E-state index contributed by atoms with van der Waals surface area (Å²) in [5.41, 5.74) is 3.66. The molecular formula is C24H16I2N2O5. The number of halogens is 2. The fourth-order valence-corrected chi connectivity index (χ4v) is 5.18. The fourth-order valence-electron chi connectivity index (χ4n) is 3.06. The van der Waals surface area contributed by atoms with E-state index < -0.39 is 10.9 Å². The minimum absolute atomic E-state index is 0.0479. The Hall–Kier alpha value is -2.80. The lowest BCUT2D eigenvalue weighted by atomic mass is 10.1. The molecule has 3 aromatic rings. The molecule has 7 nitrogen and oxygen atoms in total. The van der Waals surface area contributed by atoms with Gasteiger partial charge in [-0.25, -0.2) is 9.79 Å². The van der Waals surface area contributed by atoms with Crippen molar-refractivity contribution in [1.29, 1.82) is 0 Å². The van der Waals surface area contributed by atoms with Gasteiger partial charge in [0, 0.05) is 17.7 Å². The van der Waals surface area contributed by atoms with Crippen LogP contribution >= 0.6 is 45.2 Å². The standard InChI is InChI=1S/C24H16I2N2O5/c1-14-2-4-15(5-3-14)13-32-22-19(25)10-16(11-20(22)26)12-21-24(29)33-23(27-21)17-6-8-18(9-7-17)28(30)31/h2-12H,13H2,1H3/b21-12-. The van der Waals surface area contributed by atoms with Crippen LogP contribution in [0.15, 0.2) is 71.4 Å². The number of nitrogens with zero attached hydrogens (tertiary/aromatic N) is 2.